The summed E-state index contributed by atoms with van der Waals surface area (Å²) in [5.74, 6) is -0.512. The van der Waals surface area contributed by atoms with Crippen LogP contribution in [0, 0.1) is 11.8 Å². The van der Waals surface area contributed by atoms with Crippen molar-refractivity contribution in [2.75, 3.05) is 19.5 Å². The van der Waals surface area contributed by atoms with Crippen molar-refractivity contribution in [1.82, 2.24) is 24.6 Å². The van der Waals surface area contributed by atoms with Gasteiger partial charge in [-0.1, -0.05) is 44.2 Å². The van der Waals surface area contributed by atoms with Crippen LogP contribution in [-0.2, 0) is 13.9 Å². The first-order chi connectivity index (χ1) is 17.7. The van der Waals surface area contributed by atoms with E-state index in [4.69, 9.17) is 19.5 Å². The molecular weight excluding hydrogens is 499 g/mol. The molecule has 0 radical (unpaired) electrons. The van der Waals surface area contributed by atoms with Gasteiger partial charge < -0.3 is 24.7 Å². The van der Waals surface area contributed by atoms with E-state index in [1.165, 1.54) is 7.11 Å². The van der Waals surface area contributed by atoms with Crippen molar-refractivity contribution < 1.29 is 28.3 Å². The average Bonchev–Trinajstić information content (AvgIpc) is 3.49. The van der Waals surface area contributed by atoms with Crippen molar-refractivity contribution in [2.45, 2.75) is 38.8 Å². The van der Waals surface area contributed by atoms with E-state index in [1.54, 1.807) is 36.7 Å². The summed E-state index contributed by atoms with van der Waals surface area (Å²) in [5, 5.41) is 12.3. The summed E-state index contributed by atoms with van der Waals surface area (Å²) in [6.45, 7) is 3.82. The molecule has 2 aromatic heterocycles. The molecule has 1 aliphatic rings. The highest BCUT2D eigenvalue weighted by molar-refractivity contribution is 7.52. The van der Waals surface area contributed by atoms with Crippen molar-refractivity contribution in [3.63, 3.8) is 0 Å². The number of aromatic nitrogens is 4. The second-order valence-electron chi connectivity index (χ2n) is 9.21. The summed E-state index contributed by atoms with van der Waals surface area (Å²) in [7, 11) is -2.54. The Hall–Kier alpha value is -3.47. The minimum Gasteiger partial charge on any atom is -0.480 e. The van der Waals surface area contributed by atoms with Gasteiger partial charge in [0.25, 0.3) is 0 Å². The van der Waals surface area contributed by atoms with Crippen LogP contribution in [0.1, 0.15) is 32.7 Å². The Labute approximate surface area is 214 Å². The van der Waals surface area contributed by atoms with Gasteiger partial charge in [0.15, 0.2) is 11.2 Å². The monoisotopic (exact) mass is 530 g/mol. The van der Waals surface area contributed by atoms with Crippen LogP contribution in [-0.4, -0.2) is 50.4 Å². The number of benzene rings is 1. The second-order valence-corrected chi connectivity index (χ2v) is 10.9. The largest absolute Gasteiger partial charge is 0.480 e. The van der Waals surface area contributed by atoms with Crippen molar-refractivity contribution >= 4 is 30.8 Å². The Morgan fingerprint density at radius 1 is 1.27 bits per heavy atom. The highest BCUT2D eigenvalue weighted by Crippen LogP contribution is 2.46. The Bertz CT molecular complexity index is 1310. The molecule has 3 aromatic rings. The molecule has 0 saturated carbocycles. The number of nitrogens with one attached hydrogen (secondary N) is 1. The molecule has 1 aliphatic carbocycles. The van der Waals surface area contributed by atoms with Gasteiger partial charge in [-0.05, 0) is 30.9 Å². The molecule has 0 aliphatic heterocycles. The first kappa shape index (κ1) is 26.6. The van der Waals surface area contributed by atoms with E-state index in [2.05, 4.69) is 20.0 Å². The molecule has 0 amide bonds. The maximum atomic E-state index is 13.7. The van der Waals surface area contributed by atoms with Crippen LogP contribution in [0.25, 0.3) is 11.2 Å². The molecule has 0 bridgehead atoms. The lowest BCUT2D eigenvalue weighted by Crippen LogP contribution is -2.37. The van der Waals surface area contributed by atoms with Gasteiger partial charge in [-0.15, -0.1) is 0 Å². The quantitative estimate of drug-likeness (QED) is 0.230. The average molecular weight is 531 g/mol. The van der Waals surface area contributed by atoms with Gasteiger partial charge in [0.1, 0.15) is 11.8 Å². The van der Waals surface area contributed by atoms with E-state index >= 15 is 0 Å². The highest BCUT2D eigenvalue weighted by Gasteiger charge is 2.35. The molecular formula is C24H31N6O6P. The molecule has 0 saturated heterocycles. The number of hydrogen-bond donors (Lipinski definition) is 3. The van der Waals surface area contributed by atoms with E-state index in [0.717, 1.165) is 0 Å². The number of hydrogen-bond acceptors (Lipinski definition) is 9. The molecule has 2 unspecified atom stereocenters. The number of carboxylic acid groups (broad SMARTS) is 1. The van der Waals surface area contributed by atoms with Crippen LogP contribution in [0.5, 0.6) is 11.6 Å². The first-order valence-electron chi connectivity index (χ1n) is 11.9. The van der Waals surface area contributed by atoms with Crippen LogP contribution in [0.15, 0.2) is 48.8 Å². The molecule has 198 valence electrons. The van der Waals surface area contributed by atoms with Crippen molar-refractivity contribution in [3.05, 3.63) is 48.8 Å². The number of para-hydroxylation sites is 1. The standard InChI is InChI=1S/C24H31N6O6P/c1-15(2)11-19(23(31)32)29-37(33,36-18-7-5-4-6-8-18)35-13-16-9-10-17(12-16)30-14-26-20-21(30)27-24(25)28-22(20)34-3/h4-10,14-17,19H,11-13H2,1-3H3,(H,29,33)(H,31,32)(H2,25,27,28)/t16-,17+,19?,37?/m1/s1. The fraction of sp³-hybridized carbons (Fsp3) is 0.417. The van der Waals surface area contributed by atoms with E-state index in [9.17, 15) is 14.5 Å². The number of allylic oxidation sites excluding steroid dienone is 1. The number of aliphatic carboxylic acids is 1. The van der Waals surface area contributed by atoms with Gasteiger partial charge in [0.2, 0.25) is 11.8 Å². The molecule has 37 heavy (non-hydrogen) atoms. The number of fused-ring (bicyclic) bond motifs is 1. The predicted molar refractivity (Wildman–Crippen MR) is 137 cm³/mol. The Kier molecular flexibility index (Phi) is 8.11. The lowest BCUT2D eigenvalue weighted by molar-refractivity contribution is -0.139. The Balaban J connectivity index is 1.48. The molecule has 12 nitrogen and oxygen atoms in total. The van der Waals surface area contributed by atoms with Gasteiger partial charge in [0, 0.05) is 5.92 Å². The number of ether oxygens (including phenoxy) is 1. The lowest BCUT2D eigenvalue weighted by Gasteiger charge is -2.25. The van der Waals surface area contributed by atoms with Gasteiger partial charge >= 0.3 is 13.7 Å². The summed E-state index contributed by atoms with van der Waals surface area (Å²) in [6.07, 6.45) is 6.45. The first-order valence-corrected chi connectivity index (χ1v) is 13.4. The number of nitrogens with zero attached hydrogens (tertiary/aromatic N) is 4. The smallest absolute Gasteiger partial charge is 0.459 e. The second kappa shape index (κ2) is 11.3. The molecule has 0 spiro atoms. The molecule has 1 aromatic carbocycles. The van der Waals surface area contributed by atoms with E-state index in [0.29, 0.717) is 29.2 Å². The number of rotatable bonds is 12. The van der Waals surface area contributed by atoms with E-state index in [-0.39, 0.29) is 36.9 Å². The lowest BCUT2D eigenvalue weighted by atomic mass is 10.1. The summed E-state index contributed by atoms with van der Waals surface area (Å²) < 4.78 is 32.4. The van der Waals surface area contributed by atoms with Crippen molar-refractivity contribution in [1.29, 1.82) is 0 Å². The molecule has 4 atom stereocenters. The van der Waals surface area contributed by atoms with Crippen LogP contribution in [0.3, 0.4) is 0 Å². The third kappa shape index (κ3) is 6.46. The Morgan fingerprint density at radius 2 is 2.03 bits per heavy atom. The summed E-state index contributed by atoms with van der Waals surface area (Å²) in [4.78, 5) is 24.6. The number of nitrogens with two attached hydrogens (primary N) is 1. The fourth-order valence-electron chi connectivity index (χ4n) is 4.15. The third-order valence-electron chi connectivity index (χ3n) is 5.85. The highest BCUT2D eigenvalue weighted by atomic mass is 31.2. The van der Waals surface area contributed by atoms with Gasteiger partial charge in [-0.25, -0.2) is 9.55 Å². The van der Waals surface area contributed by atoms with E-state index in [1.807, 2.05) is 30.6 Å². The zero-order valence-corrected chi connectivity index (χ0v) is 21.7. The Morgan fingerprint density at radius 3 is 2.70 bits per heavy atom. The maximum absolute atomic E-state index is 13.7. The molecule has 4 rings (SSSR count). The van der Waals surface area contributed by atoms with Crippen molar-refractivity contribution in [2.24, 2.45) is 11.8 Å². The normalized spacial score (nSPS) is 19.7. The molecule has 0 fully saturated rings. The van der Waals surface area contributed by atoms with Crippen LogP contribution >= 0.6 is 7.75 Å². The van der Waals surface area contributed by atoms with Gasteiger partial charge in [0.05, 0.1) is 26.1 Å². The number of methoxy groups -OCH3 is 1. The SMILES string of the molecule is COc1nc(N)nc2c1ncn2[C@H]1C=C[C@@H](COP(=O)(NC(CC(C)C)C(=O)O)Oc2ccccc2)C1. The van der Waals surface area contributed by atoms with Crippen LogP contribution in [0.2, 0.25) is 0 Å². The zero-order chi connectivity index (χ0) is 26.6. The number of imidazole rings is 1. The van der Waals surface area contributed by atoms with Crippen LogP contribution in [0.4, 0.5) is 5.95 Å². The maximum Gasteiger partial charge on any atom is 0.459 e. The summed E-state index contributed by atoms with van der Waals surface area (Å²) >= 11 is 0. The minimum absolute atomic E-state index is 0.0468. The van der Waals surface area contributed by atoms with Crippen LogP contribution < -0.4 is 20.1 Å². The molecule has 4 N–H and O–H groups in total. The number of carboxylic acids is 1. The van der Waals surface area contributed by atoms with Gasteiger partial charge in [-0.2, -0.15) is 15.1 Å². The summed E-state index contributed by atoms with van der Waals surface area (Å²) in [5.41, 5.74) is 6.87. The van der Waals surface area contributed by atoms with E-state index < -0.39 is 19.8 Å². The molecule has 2 heterocycles. The minimum atomic E-state index is -4.03. The summed E-state index contributed by atoms with van der Waals surface area (Å²) in [6, 6.07) is 7.32. The fourth-order valence-corrected chi connectivity index (χ4v) is 5.71. The molecule has 13 heteroatoms. The third-order valence-corrected chi connectivity index (χ3v) is 7.42. The van der Waals surface area contributed by atoms with Crippen molar-refractivity contribution in [3.8, 4) is 11.6 Å². The topological polar surface area (TPSA) is 164 Å². The number of anilines is 1. The number of carbonyl (C=O) groups is 1. The number of nitrogen functional groups attached to an aromatic ring is 1. The zero-order valence-electron chi connectivity index (χ0n) is 20.9. The van der Waals surface area contributed by atoms with Gasteiger partial charge in [-0.3, -0.25) is 9.32 Å². The predicted octanol–water partition coefficient (Wildman–Crippen LogP) is 3.83.